The molecule has 2 aromatic rings. The Bertz CT molecular complexity index is 1070. The van der Waals surface area contributed by atoms with Crippen LogP contribution in [0.3, 0.4) is 0 Å². The quantitative estimate of drug-likeness (QED) is 0.711. The monoisotopic (exact) mass is 453 g/mol. The Balaban J connectivity index is 1.65. The van der Waals surface area contributed by atoms with Gasteiger partial charge in [0.2, 0.25) is 10.0 Å². The van der Waals surface area contributed by atoms with Crippen molar-refractivity contribution in [3.05, 3.63) is 64.4 Å². The van der Waals surface area contributed by atoms with Crippen molar-refractivity contribution in [3.8, 4) is 0 Å². The van der Waals surface area contributed by atoms with Crippen LogP contribution in [-0.2, 0) is 10.0 Å². The van der Waals surface area contributed by atoms with Crippen LogP contribution in [0.25, 0.3) is 0 Å². The molecule has 1 fully saturated rings. The minimum Gasteiger partial charge on any atom is -0.335 e. The number of hydrogen-bond acceptors (Lipinski definition) is 4. The summed E-state index contributed by atoms with van der Waals surface area (Å²) in [5.41, 5.74) is 0.588. The number of amides is 2. The summed E-state index contributed by atoms with van der Waals surface area (Å²) in [7, 11) is -0.686. The number of benzene rings is 2. The molecule has 0 unspecified atom stereocenters. The van der Waals surface area contributed by atoms with Gasteiger partial charge in [0.1, 0.15) is 5.82 Å². The zero-order valence-corrected chi connectivity index (χ0v) is 18.1. The number of sulfonamides is 1. The molecule has 160 valence electrons. The summed E-state index contributed by atoms with van der Waals surface area (Å²) in [6, 6.07) is 9.38. The fraction of sp³-hybridized carbons (Fsp3) is 0.300. The SMILES string of the molecule is CN(C)S(=O)(=O)c1ccc(C(=O)N2CCN(C(=O)c3ccc(F)cc3Cl)CC2)cc1. The average molecular weight is 454 g/mol. The van der Waals surface area contributed by atoms with Crippen LogP contribution in [-0.4, -0.2) is 74.6 Å². The predicted octanol–water partition coefficient (Wildman–Crippen LogP) is 2.33. The van der Waals surface area contributed by atoms with Gasteiger partial charge >= 0.3 is 0 Å². The highest BCUT2D eigenvalue weighted by Crippen LogP contribution is 2.21. The third-order valence-electron chi connectivity index (χ3n) is 4.90. The molecule has 0 aliphatic carbocycles. The Kier molecular flexibility index (Phi) is 6.44. The minimum atomic E-state index is -3.56. The zero-order chi connectivity index (χ0) is 22.1. The van der Waals surface area contributed by atoms with Crippen molar-refractivity contribution in [1.82, 2.24) is 14.1 Å². The highest BCUT2D eigenvalue weighted by Gasteiger charge is 2.27. The molecule has 0 radical (unpaired) electrons. The summed E-state index contributed by atoms with van der Waals surface area (Å²) in [6.07, 6.45) is 0. The molecule has 3 rings (SSSR count). The second kappa shape index (κ2) is 8.71. The number of nitrogens with zero attached hydrogens (tertiary/aromatic N) is 3. The molecule has 7 nitrogen and oxygen atoms in total. The smallest absolute Gasteiger partial charge is 0.255 e. The van der Waals surface area contributed by atoms with Crippen LogP contribution in [0.5, 0.6) is 0 Å². The summed E-state index contributed by atoms with van der Waals surface area (Å²) < 4.78 is 38.6. The lowest BCUT2D eigenvalue weighted by molar-refractivity contribution is 0.0535. The Hall–Kier alpha value is -2.49. The fourth-order valence-corrected chi connectivity index (χ4v) is 4.26. The first-order valence-electron chi connectivity index (χ1n) is 9.17. The third kappa shape index (κ3) is 4.48. The van der Waals surface area contributed by atoms with Crippen molar-refractivity contribution < 1.29 is 22.4 Å². The van der Waals surface area contributed by atoms with Gasteiger partial charge in [0.05, 0.1) is 15.5 Å². The molecule has 2 aromatic carbocycles. The molecule has 1 aliphatic heterocycles. The van der Waals surface area contributed by atoms with Gasteiger partial charge in [-0.1, -0.05) is 11.6 Å². The van der Waals surface area contributed by atoms with Crippen molar-refractivity contribution in [2.24, 2.45) is 0 Å². The first kappa shape index (κ1) is 22.2. The van der Waals surface area contributed by atoms with Crippen LogP contribution < -0.4 is 0 Å². The van der Waals surface area contributed by atoms with Gasteiger partial charge in [-0.25, -0.2) is 17.1 Å². The van der Waals surface area contributed by atoms with Crippen LogP contribution in [0.15, 0.2) is 47.4 Å². The lowest BCUT2D eigenvalue weighted by atomic mass is 10.1. The van der Waals surface area contributed by atoms with E-state index in [1.165, 1.54) is 50.5 Å². The van der Waals surface area contributed by atoms with Gasteiger partial charge in [0, 0.05) is 45.8 Å². The molecule has 2 amide bonds. The van der Waals surface area contributed by atoms with E-state index in [2.05, 4.69) is 0 Å². The van der Waals surface area contributed by atoms with Crippen molar-refractivity contribution in [1.29, 1.82) is 0 Å². The normalized spacial score (nSPS) is 14.8. The summed E-state index contributed by atoms with van der Waals surface area (Å²) in [4.78, 5) is 28.6. The second-order valence-corrected chi connectivity index (χ2v) is 9.58. The molecule has 0 bridgehead atoms. The van der Waals surface area contributed by atoms with Gasteiger partial charge < -0.3 is 9.80 Å². The number of halogens is 2. The lowest BCUT2D eigenvalue weighted by Crippen LogP contribution is -2.50. The summed E-state index contributed by atoms with van der Waals surface area (Å²) in [5, 5.41) is 0.0475. The topological polar surface area (TPSA) is 78.0 Å². The van der Waals surface area contributed by atoms with Gasteiger partial charge in [-0.05, 0) is 42.5 Å². The predicted molar refractivity (Wildman–Crippen MR) is 111 cm³/mol. The largest absolute Gasteiger partial charge is 0.335 e. The molecule has 30 heavy (non-hydrogen) atoms. The molecular weight excluding hydrogens is 433 g/mol. The summed E-state index contributed by atoms with van der Waals surface area (Å²) >= 11 is 5.97. The molecule has 0 atom stereocenters. The van der Waals surface area contributed by atoms with Crippen LogP contribution in [0.1, 0.15) is 20.7 Å². The van der Waals surface area contributed by atoms with Gasteiger partial charge in [-0.15, -0.1) is 0 Å². The standard InChI is InChI=1S/C20H21ClFN3O4S/c1-23(2)30(28,29)16-6-3-14(4-7-16)19(26)24-9-11-25(12-10-24)20(27)17-8-5-15(22)13-18(17)21/h3-8,13H,9-12H2,1-2H3. The first-order chi connectivity index (χ1) is 14.1. The molecule has 10 heteroatoms. The molecule has 1 saturated heterocycles. The number of carbonyl (C=O) groups is 2. The highest BCUT2D eigenvalue weighted by atomic mass is 35.5. The Morgan fingerprint density at radius 3 is 1.97 bits per heavy atom. The van der Waals surface area contributed by atoms with Crippen molar-refractivity contribution in [2.45, 2.75) is 4.90 Å². The molecule has 0 spiro atoms. The van der Waals surface area contributed by atoms with E-state index >= 15 is 0 Å². The maximum Gasteiger partial charge on any atom is 0.255 e. The maximum absolute atomic E-state index is 13.2. The number of carbonyl (C=O) groups excluding carboxylic acids is 2. The van der Waals surface area contributed by atoms with Crippen LogP contribution in [0.2, 0.25) is 5.02 Å². The second-order valence-electron chi connectivity index (χ2n) is 7.02. The Morgan fingerprint density at radius 2 is 1.47 bits per heavy atom. The highest BCUT2D eigenvalue weighted by molar-refractivity contribution is 7.89. The van der Waals surface area contributed by atoms with Crippen LogP contribution in [0, 0.1) is 5.82 Å². The number of hydrogen-bond donors (Lipinski definition) is 0. The molecular formula is C20H21ClFN3O4S. The fourth-order valence-electron chi connectivity index (χ4n) is 3.11. The Labute approximate surface area is 179 Å². The van der Waals surface area contributed by atoms with E-state index in [1.807, 2.05) is 0 Å². The van der Waals surface area contributed by atoms with Gasteiger partial charge in [0.15, 0.2) is 0 Å². The Morgan fingerprint density at radius 1 is 0.933 bits per heavy atom. The van der Waals surface area contributed by atoms with E-state index in [0.29, 0.717) is 31.7 Å². The minimum absolute atomic E-state index is 0.0475. The van der Waals surface area contributed by atoms with Crippen LogP contribution >= 0.6 is 11.6 Å². The average Bonchev–Trinajstić information content (AvgIpc) is 2.73. The molecule has 0 N–H and O–H groups in total. The van der Waals surface area contributed by atoms with Crippen molar-refractivity contribution in [2.75, 3.05) is 40.3 Å². The van der Waals surface area contributed by atoms with E-state index < -0.39 is 15.8 Å². The maximum atomic E-state index is 13.2. The molecule has 0 saturated carbocycles. The van der Waals surface area contributed by atoms with Gasteiger partial charge in [0.25, 0.3) is 11.8 Å². The van der Waals surface area contributed by atoms with Gasteiger partial charge in [-0.3, -0.25) is 9.59 Å². The summed E-state index contributed by atoms with van der Waals surface area (Å²) in [5.74, 6) is -1.07. The first-order valence-corrected chi connectivity index (χ1v) is 11.0. The molecule has 0 aromatic heterocycles. The summed E-state index contributed by atoms with van der Waals surface area (Å²) in [6.45, 7) is 1.26. The van der Waals surface area contributed by atoms with E-state index in [1.54, 1.807) is 9.80 Å². The number of rotatable bonds is 4. The van der Waals surface area contributed by atoms with Gasteiger partial charge in [-0.2, -0.15) is 0 Å². The van der Waals surface area contributed by atoms with Crippen LogP contribution in [0.4, 0.5) is 4.39 Å². The van der Waals surface area contributed by atoms with E-state index in [9.17, 15) is 22.4 Å². The van der Waals surface area contributed by atoms with E-state index in [-0.39, 0.29) is 27.3 Å². The van der Waals surface area contributed by atoms with E-state index in [4.69, 9.17) is 11.6 Å². The lowest BCUT2D eigenvalue weighted by Gasteiger charge is -2.35. The van der Waals surface area contributed by atoms with Crippen molar-refractivity contribution >= 4 is 33.4 Å². The number of piperazine rings is 1. The van der Waals surface area contributed by atoms with Crippen molar-refractivity contribution in [3.63, 3.8) is 0 Å². The molecule has 1 heterocycles. The van der Waals surface area contributed by atoms with E-state index in [0.717, 1.165) is 10.4 Å². The zero-order valence-electron chi connectivity index (χ0n) is 16.5. The third-order valence-corrected chi connectivity index (χ3v) is 7.04. The molecule has 1 aliphatic rings.